The first-order valence-corrected chi connectivity index (χ1v) is 9.15. The number of aryl methyl sites for hydroxylation is 1. The second-order valence-electron chi connectivity index (χ2n) is 4.26. The van der Waals surface area contributed by atoms with Gasteiger partial charge in [0.05, 0.1) is 6.20 Å². The standard InChI is InChI=1S/C11H22N4O2S2/c1-3-10(9-18-2)14-19(16,17)11-7-13-15(8-11)6-4-5-12/h7-8,10,14H,3-6,9,12H2,1-2H3. The number of aromatic nitrogens is 2. The van der Waals surface area contributed by atoms with E-state index in [1.807, 2.05) is 13.2 Å². The van der Waals surface area contributed by atoms with Crippen LogP contribution in [0.15, 0.2) is 17.3 Å². The predicted molar refractivity (Wildman–Crippen MR) is 78.7 cm³/mol. The largest absolute Gasteiger partial charge is 0.330 e. The van der Waals surface area contributed by atoms with Crippen LogP contribution in [0.25, 0.3) is 0 Å². The topological polar surface area (TPSA) is 90.0 Å². The summed E-state index contributed by atoms with van der Waals surface area (Å²) in [7, 11) is -3.48. The van der Waals surface area contributed by atoms with Crippen molar-refractivity contribution in [3.8, 4) is 0 Å². The summed E-state index contributed by atoms with van der Waals surface area (Å²) in [6, 6.07) is -0.0487. The quantitative estimate of drug-likeness (QED) is 0.699. The minimum absolute atomic E-state index is 0.0487. The number of rotatable bonds is 9. The molecule has 0 aromatic carbocycles. The van der Waals surface area contributed by atoms with E-state index in [9.17, 15) is 8.42 Å². The summed E-state index contributed by atoms with van der Waals surface area (Å²) in [4.78, 5) is 0.212. The number of nitrogens with zero attached hydrogens (tertiary/aromatic N) is 2. The third-order valence-corrected chi connectivity index (χ3v) is 4.90. The Morgan fingerprint density at radius 3 is 2.89 bits per heavy atom. The van der Waals surface area contributed by atoms with Gasteiger partial charge in [0, 0.05) is 24.5 Å². The van der Waals surface area contributed by atoms with Gasteiger partial charge in [-0.3, -0.25) is 4.68 Å². The van der Waals surface area contributed by atoms with Crippen molar-refractivity contribution in [3.63, 3.8) is 0 Å². The molecule has 0 saturated carbocycles. The molecular weight excluding hydrogens is 284 g/mol. The molecule has 0 aliphatic heterocycles. The monoisotopic (exact) mass is 306 g/mol. The lowest BCUT2D eigenvalue weighted by molar-refractivity contribution is 0.557. The molecule has 0 aliphatic rings. The number of nitrogens with one attached hydrogen (secondary N) is 1. The van der Waals surface area contributed by atoms with Crippen LogP contribution in [-0.2, 0) is 16.6 Å². The maximum atomic E-state index is 12.2. The van der Waals surface area contributed by atoms with E-state index in [2.05, 4.69) is 9.82 Å². The van der Waals surface area contributed by atoms with Crippen molar-refractivity contribution in [1.29, 1.82) is 0 Å². The lowest BCUT2D eigenvalue weighted by Gasteiger charge is -2.14. The first kappa shape index (κ1) is 16.5. The van der Waals surface area contributed by atoms with Crippen LogP contribution in [-0.4, -0.2) is 42.8 Å². The SMILES string of the molecule is CCC(CSC)NS(=O)(=O)c1cnn(CCCN)c1. The van der Waals surface area contributed by atoms with E-state index in [0.29, 0.717) is 13.1 Å². The van der Waals surface area contributed by atoms with Crippen molar-refractivity contribution in [3.05, 3.63) is 12.4 Å². The Balaban J connectivity index is 2.73. The van der Waals surface area contributed by atoms with Gasteiger partial charge in [0.1, 0.15) is 4.90 Å². The molecule has 6 nitrogen and oxygen atoms in total. The molecule has 0 amide bonds. The molecule has 1 rings (SSSR count). The Morgan fingerprint density at radius 2 is 2.32 bits per heavy atom. The molecule has 0 aliphatic carbocycles. The molecule has 1 unspecified atom stereocenters. The van der Waals surface area contributed by atoms with Gasteiger partial charge in [0.25, 0.3) is 0 Å². The van der Waals surface area contributed by atoms with Crippen LogP contribution < -0.4 is 10.5 Å². The lowest BCUT2D eigenvalue weighted by atomic mass is 10.3. The number of nitrogens with two attached hydrogens (primary N) is 1. The zero-order valence-electron chi connectivity index (χ0n) is 11.4. The summed E-state index contributed by atoms with van der Waals surface area (Å²) >= 11 is 1.62. The summed E-state index contributed by atoms with van der Waals surface area (Å²) in [6.45, 7) is 3.16. The molecule has 19 heavy (non-hydrogen) atoms. The maximum absolute atomic E-state index is 12.2. The van der Waals surface area contributed by atoms with Crippen molar-refractivity contribution in [2.24, 2.45) is 5.73 Å². The third kappa shape index (κ3) is 5.13. The highest BCUT2D eigenvalue weighted by Gasteiger charge is 2.20. The average molecular weight is 306 g/mol. The fraction of sp³-hybridized carbons (Fsp3) is 0.727. The maximum Gasteiger partial charge on any atom is 0.243 e. The number of thioether (sulfide) groups is 1. The number of sulfonamides is 1. The van der Waals surface area contributed by atoms with Crippen LogP contribution in [0.2, 0.25) is 0 Å². The Labute approximate surface area is 119 Å². The molecule has 0 fully saturated rings. The molecule has 1 atom stereocenters. The highest BCUT2D eigenvalue weighted by molar-refractivity contribution is 7.98. The molecule has 1 aromatic rings. The van der Waals surface area contributed by atoms with Gasteiger partial charge in [-0.25, -0.2) is 13.1 Å². The minimum atomic E-state index is -3.48. The normalized spacial score (nSPS) is 13.6. The molecule has 1 heterocycles. The molecule has 0 radical (unpaired) electrons. The number of hydrogen-bond donors (Lipinski definition) is 2. The fourth-order valence-corrected chi connectivity index (χ4v) is 3.68. The van der Waals surface area contributed by atoms with Gasteiger partial charge in [-0.15, -0.1) is 0 Å². The first-order valence-electron chi connectivity index (χ1n) is 6.27. The van der Waals surface area contributed by atoms with Gasteiger partial charge in [-0.2, -0.15) is 16.9 Å². The third-order valence-electron chi connectivity index (χ3n) is 2.69. The van der Waals surface area contributed by atoms with Crippen molar-refractivity contribution < 1.29 is 8.42 Å². The van der Waals surface area contributed by atoms with Gasteiger partial charge in [0.2, 0.25) is 10.0 Å². The van der Waals surface area contributed by atoms with Gasteiger partial charge >= 0.3 is 0 Å². The van der Waals surface area contributed by atoms with Crippen LogP contribution in [0.5, 0.6) is 0 Å². The Hall–Kier alpha value is -0.570. The van der Waals surface area contributed by atoms with E-state index in [4.69, 9.17) is 5.73 Å². The van der Waals surface area contributed by atoms with Crippen molar-refractivity contribution in [2.45, 2.75) is 37.2 Å². The lowest BCUT2D eigenvalue weighted by Crippen LogP contribution is -2.35. The van der Waals surface area contributed by atoms with E-state index in [1.54, 1.807) is 22.6 Å². The van der Waals surface area contributed by atoms with Gasteiger partial charge in [-0.1, -0.05) is 6.92 Å². The zero-order chi connectivity index (χ0) is 14.3. The van der Waals surface area contributed by atoms with Gasteiger partial charge < -0.3 is 5.73 Å². The smallest absolute Gasteiger partial charge is 0.243 e. The molecule has 0 saturated heterocycles. The van der Waals surface area contributed by atoms with Gasteiger partial charge in [0.15, 0.2) is 0 Å². The Morgan fingerprint density at radius 1 is 1.58 bits per heavy atom. The fourth-order valence-electron chi connectivity index (χ4n) is 1.58. The summed E-state index contributed by atoms with van der Waals surface area (Å²) in [5, 5.41) is 4.04. The van der Waals surface area contributed by atoms with Crippen LogP contribution >= 0.6 is 11.8 Å². The van der Waals surface area contributed by atoms with E-state index in [0.717, 1.165) is 18.6 Å². The summed E-state index contributed by atoms with van der Waals surface area (Å²) < 4.78 is 28.6. The number of hydrogen-bond acceptors (Lipinski definition) is 5. The Kier molecular flexibility index (Phi) is 6.84. The first-order chi connectivity index (χ1) is 9.03. The summed E-state index contributed by atoms with van der Waals surface area (Å²) in [6.07, 6.45) is 6.43. The van der Waals surface area contributed by atoms with Crippen LogP contribution in [0.4, 0.5) is 0 Å². The minimum Gasteiger partial charge on any atom is -0.330 e. The van der Waals surface area contributed by atoms with Gasteiger partial charge in [-0.05, 0) is 25.6 Å². The molecule has 3 N–H and O–H groups in total. The van der Waals surface area contributed by atoms with Crippen molar-refractivity contribution in [2.75, 3.05) is 18.6 Å². The van der Waals surface area contributed by atoms with Crippen molar-refractivity contribution >= 4 is 21.8 Å². The second-order valence-corrected chi connectivity index (χ2v) is 6.89. The molecule has 110 valence electrons. The molecular formula is C11H22N4O2S2. The molecule has 1 aromatic heterocycles. The van der Waals surface area contributed by atoms with Crippen LogP contribution in [0.1, 0.15) is 19.8 Å². The predicted octanol–water partition coefficient (Wildman–Crippen LogP) is 0.652. The summed E-state index contributed by atoms with van der Waals surface area (Å²) in [5.74, 6) is 0.761. The second kappa shape index (κ2) is 7.88. The average Bonchev–Trinajstić information content (AvgIpc) is 2.85. The van der Waals surface area contributed by atoms with E-state index >= 15 is 0 Å². The molecule has 0 spiro atoms. The van der Waals surface area contributed by atoms with Crippen molar-refractivity contribution in [1.82, 2.24) is 14.5 Å². The molecule has 8 heteroatoms. The highest BCUT2D eigenvalue weighted by atomic mass is 32.2. The van der Waals surface area contributed by atoms with E-state index in [1.165, 1.54) is 6.20 Å². The Bertz CT molecular complexity index is 473. The van der Waals surface area contributed by atoms with E-state index in [-0.39, 0.29) is 10.9 Å². The highest BCUT2D eigenvalue weighted by Crippen LogP contribution is 2.10. The van der Waals surface area contributed by atoms with E-state index < -0.39 is 10.0 Å². The summed E-state index contributed by atoms with van der Waals surface area (Å²) in [5.41, 5.74) is 5.41. The molecule has 0 bridgehead atoms. The van der Waals surface area contributed by atoms with Crippen LogP contribution in [0.3, 0.4) is 0 Å². The zero-order valence-corrected chi connectivity index (χ0v) is 13.0. The van der Waals surface area contributed by atoms with Crippen LogP contribution in [0, 0.1) is 0 Å².